The van der Waals surface area contributed by atoms with Crippen molar-refractivity contribution in [3.63, 3.8) is 0 Å². The Balaban J connectivity index is 0. The van der Waals surface area contributed by atoms with E-state index in [1.54, 1.807) is 6.92 Å². The highest BCUT2D eigenvalue weighted by Gasteiger charge is 2.37. The molecule has 0 nitrogen and oxygen atoms in total. The van der Waals surface area contributed by atoms with Crippen molar-refractivity contribution in [3.8, 4) is 0 Å². The molecule has 0 heterocycles. The van der Waals surface area contributed by atoms with Gasteiger partial charge >= 0.3 is 0 Å². The number of halogens is 1. The third kappa shape index (κ3) is 10.2. The van der Waals surface area contributed by atoms with Gasteiger partial charge in [-0.1, -0.05) is 53.9 Å². The Labute approximate surface area is 96.7 Å². The van der Waals surface area contributed by atoms with Crippen LogP contribution in [0.3, 0.4) is 0 Å². The predicted molar refractivity (Wildman–Crippen MR) is 69.1 cm³/mol. The molecule has 1 atom stereocenters. The van der Waals surface area contributed by atoms with Crippen molar-refractivity contribution >= 4 is 0 Å². The van der Waals surface area contributed by atoms with Crippen LogP contribution in [0.2, 0.25) is 0 Å². The van der Waals surface area contributed by atoms with E-state index in [0.29, 0.717) is 6.42 Å². The third-order valence-corrected chi connectivity index (χ3v) is 3.14. The first-order valence-electron chi connectivity index (χ1n) is 6.74. The van der Waals surface area contributed by atoms with Gasteiger partial charge in [-0.15, -0.1) is 0 Å². The summed E-state index contributed by atoms with van der Waals surface area (Å²) < 4.78 is 11.7. The molecule has 94 valence electrons. The van der Waals surface area contributed by atoms with E-state index < -0.39 is 6.17 Å². The smallest absolute Gasteiger partial charge is 0.0973 e. The van der Waals surface area contributed by atoms with E-state index in [9.17, 15) is 4.39 Å². The van der Waals surface area contributed by atoms with Crippen LogP contribution in [0.1, 0.15) is 80.1 Å². The molecule has 1 fully saturated rings. The maximum Gasteiger partial charge on any atom is 0.0973 e. The highest BCUT2D eigenvalue weighted by Crippen LogP contribution is 2.51. The molecular formula is C14H31F. The van der Waals surface area contributed by atoms with Crippen molar-refractivity contribution in [2.24, 2.45) is 5.41 Å². The highest BCUT2D eigenvalue weighted by molar-refractivity contribution is 4.89. The highest BCUT2D eigenvalue weighted by atomic mass is 19.1. The zero-order valence-corrected chi connectivity index (χ0v) is 11.7. The molecule has 0 aromatic rings. The second-order valence-electron chi connectivity index (χ2n) is 4.28. The summed E-state index contributed by atoms with van der Waals surface area (Å²) in [6.45, 7) is 12.2. The first-order valence-corrected chi connectivity index (χ1v) is 6.74. The van der Waals surface area contributed by atoms with Crippen LogP contribution in [0.4, 0.5) is 4.39 Å². The number of alkyl halides is 1. The minimum atomic E-state index is -0.602. The van der Waals surface area contributed by atoms with Crippen LogP contribution in [-0.4, -0.2) is 6.17 Å². The van der Waals surface area contributed by atoms with Gasteiger partial charge in [0.25, 0.3) is 0 Å². The lowest BCUT2D eigenvalue weighted by atomic mass is 10.0. The van der Waals surface area contributed by atoms with E-state index in [0.717, 1.165) is 11.8 Å². The van der Waals surface area contributed by atoms with Gasteiger partial charge in [0.05, 0.1) is 6.17 Å². The van der Waals surface area contributed by atoms with Gasteiger partial charge < -0.3 is 0 Å². The molecule has 1 rings (SSSR count). The van der Waals surface area contributed by atoms with Crippen LogP contribution in [0.25, 0.3) is 0 Å². The quantitative estimate of drug-likeness (QED) is 0.563. The van der Waals surface area contributed by atoms with Crippen LogP contribution in [0.5, 0.6) is 0 Å². The predicted octanol–water partition coefficient (Wildman–Crippen LogP) is 5.76. The van der Waals surface area contributed by atoms with Gasteiger partial charge in [0.2, 0.25) is 0 Å². The van der Waals surface area contributed by atoms with E-state index in [2.05, 4.69) is 13.8 Å². The van der Waals surface area contributed by atoms with Gasteiger partial charge in [-0.25, -0.2) is 4.39 Å². The second-order valence-corrected chi connectivity index (χ2v) is 4.28. The molecule has 0 amide bonds. The Morgan fingerprint density at radius 2 is 1.47 bits per heavy atom. The topological polar surface area (TPSA) is 0 Å². The Morgan fingerprint density at radius 1 is 1.07 bits per heavy atom. The number of rotatable bonds is 4. The largest absolute Gasteiger partial charge is 0.248 e. The van der Waals surface area contributed by atoms with Crippen molar-refractivity contribution in [3.05, 3.63) is 0 Å². The molecule has 0 saturated heterocycles. The van der Waals surface area contributed by atoms with E-state index in [1.165, 1.54) is 25.7 Å². The molecule has 0 aliphatic heterocycles. The summed E-state index contributed by atoms with van der Waals surface area (Å²) in [5.41, 5.74) is 0.833. The first kappa shape index (κ1) is 17.3. The molecule has 0 N–H and O–H groups in total. The standard InChI is InChI=1S/C7H14.C5H11F.C2H6/c1-3-7(4-2)5-6-7;1-3-4-5(2)6;1-2/h3-6H2,1-2H3;5H,3-4H2,1-2H3;1-2H3. The second kappa shape index (κ2) is 10.4. The first-order chi connectivity index (χ1) is 7.10. The molecule has 1 unspecified atom stereocenters. The molecule has 1 heteroatoms. The van der Waals surface area contributed by atoms with Crippen molar-refractivity contribution in [1.29, 1.82) is 0 Å². The van der Waals surface area contributed by atoms with Crippen LogP contribution in [0.15, 0.2) is 0 Å². The van der Waals surface area contributed by atoms with Crippen molar-refractivity contribution in [2.45, 2.75) is 86.2 Å². The molecule has 1 aliphatic rings. The minimum Gasteiger partial charge on any atom is -0.248 e. The summed E-state index contributed by atoms with van der Waals surface area (Å²) in [6.07, 6.45) is 6.88. The van der Waals surface area contributed by atoms with E-state index >= 15 is 0 Å². The van der Waals surface area contributed by atoms with E-state index in [1.807, 2.05) is 20.8 Å². The summed E-state index contributed by atoms with van der Waals surface area (Å²) in [5, 5.41) is 0. The van der Waals surface area contributed by atoms with Gasteiger partial charge in [-0.3, -0.25) is 0 Å². The Morgan fingerprint density at radius 3 is 1.47 bits per heavy atom. The molecule has 1 aliphatic carbocycles. The SMILES string of the molecule is CC.CCC1(CC)CC1.CCCC(C)F. The Bertz CT molecular complexity index is 109. The number of hydrogen-bond acceptors (Lipinski definition) is 0. The van der Waals surface area contributed by atoms with Crippen LogP contribution in [0, 0.1) is 5.41 Å². The monoisotopic (exact) mass is 218 g/mol. The average molecular weight is 218 g/mol. The van der Waals surface area contributed by atoms with Crippen LogP contribution >= 0.6 is 0 Å². The average Bonchev–Trinajstić information content (AvgIpc) is 3.02. The molecule has 15 heavy (non-hydrogen) atoms. The molecule has 0 aromatic heterocycles. The maximum atomic E-state index is 11.7. The van der Waals surface area contributed by atoms with Gasteiger partial charge in [0.15, 0.2) is 0 Å². The fourth-order valence-corrected chi connectivity index (χ4v) is 1.53. The van der Waals surface area contributed by atoms with Crippen molar-refractivity contribution in [2.75, 3.05) is 0 Å². The maximum absolute atomic E-state index is 11.7. The zero-order chi connectivity index (χ0) is 12.3. The lowest BCUT2D eigenvalue weighted by Crippen LogP contribution is -1.92. The number of hydrogen-bond donors (Lipinski definition) is 0. The van der Waals surface area contributed by atoms with Gasteiger partial charge in [0.1, 0.15) is 0 Å². The zero-order valence-electron chi connectivity index (χ0n) is 11.7. The normalized spacial score (nSPS) is 17.8. The molecule has 1 saturated carbocycles. The summed E-state index contributed by atoms with van der Waals surface area (Å²) in [5.74, 6) is 0. The summed E-state index contributed by atoms with van der Waals surface area (Å²) in [4.78, 5) is 0. The fourth-order valence-electron chi connectivity index (χ4n) is 1.53. The summed E-state index contributed by atoms with van der Waals surface area (Å²) in [6, 6.07) is 0. The van der Waals surface area contributed by atoms with Crippen molar-refractivity contribution in [1.82, 2.24) is 0 Å². The Kier molecular flexibility index (Phi) is 12.1. The molecule has 0 spiro atoms. The van der Waals surface area contributed by atoms with E-state index in [4.69, 9.17) is 0 Å². The third-order valence-electron chi connectivity index (χ3n) is 3.14. The molecule has 0 radical (unpaired) electrons. The van der Waals surface area contributed by atoms with Gasteiger partial charge in [-0.2, -0.15) is 0 Å². The minimum absolute atomic E-state index is 0.602. The molecule has 0 bridgehead atoms. The van der Waals surface area contributed by atoms with Crippen LogP contribution < -0.4 is 0 Å². The molecule has 0 aromatic carbocycles. The summed E-state index contributed by atoms with van der Waals surface area (Å²) in [7, 11) is 0. The van der Waals surface area contributed by atoms with Gasteiger partial charge in [0, 0.05) is 0 Å². The van der Waals surface area contributed by atoms with Crippen molar-refractivity contribution < 1.29 is 4.39 Å². The Hall–Kier alpha value is -0.0700. The van der Waals surface area contributed by atoms with Crippen LogP contribution in [-0.2, 0) is 0 Å². The summed E-state index contributed by atoms with van der Waals surface area (Å²) >= 11 is 0. The van der Waals surface area contributed by atoms with Gasteiger partial charge in [-0.05, 0) is 31.6 Å². The molecular weight excluding hydrogens is 187 g/mol. The lowest BCUT2D eigenvalue weighted by Gasteiger charge is -2.04. The van der Waals surface area contributed by atoms with E-state index in [-0.39, 0.29) is 0 Å². The fraction of sp³-hybridized carbons (Fsp3) is 1.00. The lowest BCUT2D eigenvalue weighted by molar-refractivity contribution is 0.339.